The molecule has 1 heterocycles. The van der Waals surface area contributed by atoms with Gasteiger partial charge in [0.1, 0.15) is 10.6 Å². The van der Waals surface area contributed by atoms with Gasteiger partial charge in [-0.15, -0.1) is 0 Å². The van der Waals surface area contributed by atoms with E-state index in [1.165, 1.54) is 28.4 Å². The van der Waals surface area contributed by atoms with Gasteiger partial charge in [0.05, 0.1) is 7.11 Å². The fourth-order valence-electron chi connectivity index (χ4n) is 4.04. The summed E-state index contributed by atoms with van der Waals surface area (Å²) in [5, 5.41) is 2.57. The molecule has 178 valence electrons. The molecular weight excluding hydrogens is 442 g/mol. The molecule has 1 aliphatic rings. The zero-order valence-corrected chi connectivity index (χ0v) is 20.3. The molecule has 1 atom stereocenters. The van der Waals surface area contributed by atoms with Crippen LogP contribution in [0.5, 0.6) is 5.75 Å². The largest absolute Gasteiger partial charge is 0.495 e. The summed E-state index contributed by atoms with van der Waals surface area (Å²) < 4.78 is 33.7. The van der Waals surface area contributed by atoms with Crippen LogP contribution in [-0.4, -0.2) is 63.2 Å². The van der Waals surface area contributed by atoms with Crippen LogP contribution in [0, 0.1) is 0 Å². The molecule has 3 rings (SSSR count). The minimum Gasteiger partial charge on any atom is -0.495 e. The van der Waals surface area contributed by atoms with Gasteiger partial charge in [-0.2, -0.15) is 4.31 Å². The number of nitrogens with zero attached hydrogens (tertiary/aromatic N) is 2. The summed E-state index contributed by atoms with van der Waals surface area (Å²) in [4.78, 5) is 26.3. The molecule has 0 aromatic heterocycles. The Hall–Kier alpha value is -2.91. The molecule has 0 radical (unpaired) electrons. The van der Waals surface area contributed by atoms with E-state index in [-0.39, 0.29) is 34.1 Å². The van der Waals surface area contributed by atoms with Crippen molar-refractivity contribution >= 4 is 21.8 Å². The summed E-state index contributed by atoms with van der Waals surface area (Å²) >= 11 is 0. The first-order valence-corrected chi connectivity index (χ1v) is 12.4. The van der Waals surface area contributed by atoms with Crippen molar-refractivity contribution in [1.29, 1.82) is 0 Å². The van der Waals surface area contributed by atoms with Crippen LogP contribution in [0.25, 0.3) is 0 Å². The topological polar surface area (TPSA) is 96.0 Å². The van der Waals surface area contributed by atoms with Gasteiger partial charge in [-0.1, -0.05) is 18.6 Å². The zero-order chi connectivity index (χ0) is 24.2. The average Bonchev–Trinajstić information content (AvgIpc) is 2.83. The first-order chi connectivity index (χ1) is 15.7. The highest BCUT2D eigenvalue weighted by Gasteiger charge is 2.33. The van der Waals surface area contributed by atoms with Crippen LogP contribution in [0.4, 0.5) is 0 Å². The van der Waals surface area contributed by atoms with E-state index in [4.69, 9.17) is 4.74 Å². The van der Waals surface area contributed by atoms with E-state index >= 15 is 0 Å². The molecule has 0 unspecified atom stereocenters. The van der Waals surface area contributed by atoms with E-state index in [9.17, 15) is 18.0 Å². The number of sulfonamides is 1. The quantitative estimate of drug-likeness (QED) is 0.667. The van der Waals surface area contributed by atoms with Crippen LogP contribution in [-0.2, 0) is 16.6 Å². The summed E-state index contributed by atoms with van der Waals surface area (Å²) in [5.74, 6) is -0.270. The first-order valence-electron chi connectivity index (χ1n) is 11.0. The van der Waals surface area contributed by atoms with Gasteiger partial charge in [0.15, 0.2) is 0 Å². The van der Waals surface area contributed by atoms with Crippen LogP contribution in [0.2, 0.25) is 0 Å². The van der Waals surface area contributed by atoms with Gasteiger partial charge in [-0.25, -0.2) is 8.42 Å². The van der Waals surface area contributed by atoms with Gasteiger partial charge in [0.2, 0.25) is 10.0 Å². The average molecular weight is 474 g/mol. The summed E-state index contributed by atoms with van der Waals surface area (Å²) in [7, 11) is 0.831. The van der Waals surface area contributed by atoms with Crippen LogP contribution in [0.1, 0.15) is 52.5 Å². The normalized spacial score (nSPS) is 16.8. The number of carbonyl (C=O) groups is 2. The Bertz CT molecular complexity index is 1120. The van der Waals surface area contributed by atoms with E-state index in [0.29, 0.717) is 18.7 Å². The van der Waals surface area contributed by atoms with Crippen molar-refractivity contribution in [2.45, 2.75) is 43.7 Å². The van der Waals surface area contributed by atoms with Crippen molar-refractivity contribution in [3.05, 3.63) is 59.2 Å². The predicted molar refractivity (Wildman–Crippen MR) is 126 cm³/mol. The fraction of sp³-hybridized carbons (Fsp3) is 0.417. The SMILES string of the molecule is CNC(=O)c1ccc(CN(C)C(=O)c2ccc(OC)c(S(=O)(=O)N3CCCC[C@@H]3C)c2)cc1. The number of hydrogen-bond donors (Lipinski definition) is 1. The van der Waals surface area contributed by atoms with Gasteiger partial charge >= 0.3 is 0 Å². The molecule has 9 heteroatoms. The number of hydrogen-bond acceptors (Lipinski definition) is 5. The Kier molecular flexibility index (Phi) is 7.76. The lowest BCUT2D eigenvalue weighted by Crippen LogP contribution is -2.42. The highest BCUT2D eigenvalue weighted by Crippen LogP contribution is 2.32. The van der Waals surface area contributed by atoms with Crippen molar-refractivity contribution in [3.63, 3.8) is 0 Å². The Morgan fingerprint density at radius 1 is 1.12 bits per heavy atom. The van der Waals surface area contributed by atoms with Crippen LogP contribution >= 0.6 is 0 Å². The van der Waals surface area contributed by atoms with Crippen LogP contribution in [0.3, 0.4) is 0 Å². The van der Waals surface area contributed by atoms with E-state index < -0.39 is 10.0 Å². The zero-order valence-electron chi connectivity index (χ0n) is 19.5. The van der Waals surface area contributed by atoms with Crippen LogP contribution < -0.4 is 10.1 Å². The standard InChI is InChI=1S/C24H31N3O5S/c1-17-7-5-6-14-27(17)33(30,31)22-15-20(12-13-21(22)32-4)24(29)26(3)16-18-8-10-19(11-9-18)23(28)25-2/h8-13,15,17H,5-7,14,16H2,1-4H3,(H,25,28)/t17-/m0/s1. The third kappa shape index (κ3) is 5.36. The highest BCUT2D eigenvalue weighted by atomic mass is 32.2. The Balaban J connectivity index is 1.84. The van der Waals surface area contributed by atoms with Crippen molar-refractivity contribution in [3.8, 4) is 5.75 Å². The Morgan fingerprint density at radius 2 is 1.79 bits per heavy atom. The summed E-state index contributed by atoms with van der Waals surface area (Å²) in [6, 6.07) is 11.4. The molecule has 0 aliphatic carbocycles. The van der Waals surface area contributed by atoms with E-state index in [0.717, 1.165) is 24.8 Å². The number of piperidine rings is 1. The number of rotatable bonds is 7. The molecule has 8 nitrogen and oxygen atoms in total. The molecule has 1 fully saturated rings. The third-order valence-corrected chi connectivity index (χ3v) is 7.98. The van der Waals surface area contributed by atoms with Gasteiger partial charge in [-0.05, 0) is 55.7 Å². The van der Waals surface area contributed by atoms with Crippen molar-refractivity contribution < 1.29 is 22.7 Å². The maximum absolute atomic E-state index is 13.4. The van der Waals surface area contributed by atoms with Crippen molar-refractivity contribution in [2.24, 2.45) is 0 Å². The highest BCUT2D eigenvalue weighted by molar-refractivity contribution is 7.89. The lowest BCUT2D eigenvalue weighted by molar-refractivity contribution is 0.0784. The second-order valence-corrected chi connectivity index (χ2v) is 10.1. The molecule has 0 saturated carbocycles. The monoisotopic (exact) mass is 473 g/mol. The molecule has 1 N–H and O–H groups in total. The number of nitrogens with one attached hydrogen (secondary N) is 1. The lowest BCUT2D eigenvalue weighted by Gasteiger charge is -2.32. The van der Waals surface area contributed by atoms with Crippen molar-refractivity contribution in [2.75, 3.05) is 27.7 Å². The first kappa shape index (κ1) is 24.7. The lowest BCUT2D eigenvalue weighted by atomic mass is 10.1. The molecule has 2 aromatic rings. The minimum atomic E-state index is -3.81. The Labute approximate surface area is 195 Å². The molecular formula is C24H31N3O5S. The smallest absolute Gasteiger partial charge is 0.253 e. The molecule has 2 aromatic carbocycles. The molecule has 1 saturated heterocycles. The maximum atomic E-state index is 13.4. The number of carbonyl (C=O) groups excluding carboxylic acids is 2. The second-order valence-electron chi connectivity index (χ2n) is 8.26. The summed E-state index contributed by atoms with van der Waals surface area (Å²) in [6.07, 6.45) is 2.62. The number of benzene rings is 2. The predicted octanol–water partition coefficient (Wildman–Crippen LogP) is 2.89. The molecule has 0 bridgehead atoms. The molecule has 33 heavy (non-hydrogen) atoms. The summed E-state index contributed by atoms with van der Waals surface area (Å²) in [6.45, 7) is 2.67. The molecule has 2 amide bonds. The van der Waals surface area contributed by atoms with E-state index in [1.54, 1.807) is 44.4 Å². The minimum absolute atomic E-state index is 0.00734. The van der Waals surface area contributed by atoms with Gasteiger partial charge in [0, 0.05) is 44.4 Å². The Morgan fingerprint density at radius 3 is 2.39 bits per heavy atom. The molecule has 0 spiro atoms. The van der Waals surface area contributed by atoms with E-state index in [1.807, 2.05) is 6.92 Å². The number of ether oxygens (including phenoxy) is 1. The van der Waals surface area contributed by atoms with E-state index in [2.05, 4.69) is 5.32 Å². The fourth-order valence-corrected chi connectivity index (χ4v) is 5.92. The summed E-state index contributed by atoms with van der Waals surface area (Å²) in [5.41, 5.74) is 1.65. The van der Waals surface area contributed by atoms with Crippen molar-refractivity contribution in [1.82, 2.24) is 14.5 Å². The number of amides is 2. The maximum Gasteiger partial charge on any atom is 0.253 e. The molecule has 1 aliphatic heterocycles. The van der Waals surface area contributed by atoms with Gasteiger partial charge in [0.25, 0.3) is 11.8 Å². The van der Waals surface area contributed by atoms with Gasteiger partial charge < -0.3 is 15.0 Å². The van der Waals surface area contributed by atoms with Crippen LogP contribution in [0.15, 0.2) is 47.4 Å². The number of methoxy groups -OCH3 is 1. The third-order valence-electron chi connectivity index (χ3n) is 5.95. The second kappa shape index (κ2) is 10.4. The van der Waals surface area contributed by atoms with Gasteiger partial charge in [-0.3, -0.25) is 9.59 Å².